The molecule has 0 saturated carbocycles. The van der Waals surface area contributed by atoms with Gasteiger partial charge in [-0.3, -0.25) is 4.79 Å². The Hall–Kier alpha value is -4.25. The maximum Gasteiger partial charge on any atom is 0.255 e. The molecule has 0 saturated heterocycles. The number of carbonyl (C=O) groups is 1. The van der Waals surface area contributed by atoms with Gasteiger partial charge in [-0.05, 0) is 36.2 Å². The zero-order valence-corrected chi connectivity index (χ0v) is 17.6. The van der Waals surface area contributed by atoms with Crippen LogP contribution in [0.3, 0.4) is 0 Å². The van der Waals surface area contributed by atoms with Gasteiger partial charge >= 0.3 is 0 Å². The second-order valence-electron chi connectivity index (χ2n) is 7.65. The quantitative estimate of drug-likeness (QED) is 0.424. The Balaban J connectivity index is 1.47. The maximum atomic E-state index is 13.3. The number of fused-ring (bicyclic) bond motifs is 1. The standard InChI is InChI=1S/C27H22N4O/c1-19-23(18-28-31(19)25-17-16-20-10-8-9-15-24(20)29-25)27(32)30-26(21-11-4-2-5-12-21)22-13-6-3-7-14-22/h2-18,26H,1H3,(H,30,32). The van der Waals surface area contributed by atoms with Gasteiger partial charge in [0, 0.05) is 5.39 Å². The van der Waals surface area contributed by atoms with Gasteiger partial charge in [0.25, 0.3) is 5.91 Å². The van der Waals surface area contributed by atoms with Crippen LogP contribution in [-0.2, 0) is 0 Å². The van der Waals surface area contributed by atoms with Crippen molar-refractivity contribution in [1.82, 2.24) is 20.1 Å². The average molecular weight is 419 g/mol. The number of carbonyl (C=O) groups excluding carboxylic acids is 1. The van der Waals surface area contributed by atoms with E-state index in [1.807, 2.05) is 104 Å². The van der Waals surface area contributed by atoms with E-state index in [0.29, 0.717) is 11.4 Å². The minimum atomic E-state index is -0.258. The summed E-state index contributed by atoms with van der Waals surface area (Å²) in [5, 5.41) is 8.71. The molecule has 0 aliphatic heterocycles. The first-order valence-corrected chi connectivity index (χ1v) is 10.5. The summed E-state index contributed by atoms with van der Waals surface area (Å²) in [4.78, 5) is 18.0. The summed E-state index contributed by atoms with van der Waals surface area (Å²) in [6.07, 6.45) is 1.61. The van der Waals surface area contributed by atoms with Crippen LogP contribution >= 0.6 is 0 Å². The second kappa shape index (κ2) is 8.47. The van der Waals surface area contributed by atoms with Gasteiger partial charge in [0.15, 0.2) is 5.82 Å². The molecule has 0 atom stereocenters. The fourth-order valence-electron chi connectivity index (χ4n) is 3.90. The number of hydrogen-bond donors (Lipinski definition) is 1. The van der Waals surface area contributed by atoms with E-state index in [9.17, 15) is 4.79 Å². The van der Waals surface area contributed by atoms with Gasteiger partial charge in [-0.25, -0.2) is 9.67 Å². The van der Waals surface area contributed by atoms with Gasteiger partial charge < -0.3 is 5.32 Å². The normalized spacial score (nSPS) is 11.1. The van der Waals surface area contributed by atoms with Gasteiger partial charge in [0.1, 0.15) is 0 Å². The summed E-state index contributed by atoms with van der Waals surface area (Å²) in [6, 6.07) is 31.5. The molecule has 0 aliphatic rings. The van der Waals surface area contributed by atoms with Crippen molar-refractivity contribution >= 4 is 16.8 Å². The van der Waals surface area contributed by atoms with Crippen LogP contribution in [0, 0.1) is 6.92 Å². The van der Waals surface area contributed by atoms with E-state index in [0.717, 1.165) is 27.7 Å². The summed E-state index contributed by atoms with van der Waals surface area (Å²) in [7, 11) is 0. The molecule has 5 nitrogen and oxygen atoms in total. The van der Waals surface area contributed by atoms with Crippen LogP contribution in [0.1, 0.15) is 33.2 Å². The van der Waals surface area contributed by atoms with Gasteiger partial charge in [0.05, 0.1) is 29.0 Å². The monoisotopic (exact) mass is 418 g/mol. The van der Waals surface area contributed by atoms with E-state index >= 15 is 0 Å². The average Bonchev–Trinajstić information content (AvgIpc) is 3.24. The van der Waals surface area contributed by atoms with Crippen LogP contribution in [0.15, 0.2) is 103 Å². The number of para-hydroxylation sites is 1. The fourth-order valence-corrected chi connectivity index (χ4v) is 3.90. The molecule has 32 heavy (non-hydrogen) atoms. The molecule has 3 aromatic carbocycles. The molecule has 0 radical (unpaired) electrons. The van der Waals surface area contributed by atoms with Crippen molar-refractivity contribution in [3.05, 3.63) is 126 Å². The number of aromatic nitrogens is 3. The number of rotatable bonds is 5. The van der Waals surface area contributed by atoms with Gasteiger partial charge in [-0.1, -0.05) is 78.9 Å². The highest BCUT2D eigenvalue weighted by molar-refractivity contribution is 5.95. The minimum Gasteiger partial charge on any atom is -0.341 e. The summed E-state index contributed by atoms with van der Waals surface area (Å²) >= 11 is 0. The van der Waals surface area contributed by atoms with Crippen molar-refractivity contribution in [2.75, 3.05) is 0 Å². The first-order valence-electron chi connectivity index (χ1n) is 10.5. The van der Waals surface area contributed by atoms with E-state index in [2.05, 4.69) is 10.4 Å². The molecule has 0 aliphatic carbocycles. The molecule has 0 unspecified atom stereocenters. The number of nitrogens with one attached hydrogen (secondary N) is 1. The Morgan fingerprint density at radius 2 is 1.44 bits per heavy atom. The molecule has 5 heteroatoms. The Morgan fingerprint density at radius 1 is 0.812 bits per heavy atom. The van der Waals surface area contributed by atoms with E-state index in [1.54, 1.807) is 10.9 Å². The topological polar surface area (TPSA) is 59.8 Å². The van der Waals surface area contributed by atoms with Gasteiger partial charge in [0.2, 0.25) is 0 Å². The highest BCUT2D eigenvalue weighted by Crippen LogP contribution is 2.23. The lowest BCUT2D eigenvalue weighted by Gasteiger charge is -2.20. The lowest BCUT2D eigenvalue weighted by molar-refractivity contribution is 0.0942. The molecular formula is C27H22N4O. The zero-order chi connectivity index (χ0) is 21.9. The summed E-state index contributed by atoms with van der Waals surface area (Å²) < 4.78 is 1.71. The van der Waals surface area contributed by atoms with Crippen LogP contribution in [0.2, 0.25) is 0 Å². The largest absolute Gasteiger partial charge is 0.341 e. The third-order valence-electron chi connectivity index (χ3n) is 5.60. The third-order valence-corrected chi connectivity index (χ3v) is 5.60. The van der Waals surface area contributed by atoms with E-state index in [4.69, 9.17) is 4.98 Å². The second-order valence-corrected chi connectivity index (χ2v) is 7.65. The highest BCUT2D eigenvalue weighted by Gasteiger charge is 2.21. The Kier molecular flexibility index (Phi) is 5.22. The zero-order valence-electron chi connectivity index (χ0n) is 17.6. The Bertz CT molecular complexity index is 1340. The highest BCUT2D eigenvalue weighted by atomic mass is 16.1. The number of amides is 1. The number of pyridine rings is 1. The molecule has 2 heterocycles. The van der Waals surface area contributed by atoms with Crippen LogP contribution in [0.5, 0.6) is 0 Å². The van der Waals surface area contributed by atoms with Gasteiger partial charge in [-0.2, -0.15) is 5.10 Å². The van der Waals surface area contributed by atoms with Crippen LogP contribution in [-0.4, -0.2) is 20.7 Å². The Morgan fingerprint density at radius 3 is 2.12 bits per heavy atom. The van der Waals surface area contributed by atoms with Gasteiger partial charge in [-0.15, -0.1) is 0 Å². The summed E-state index contributed by atoms with van der Waals surface area (Å²) in [5.41, 5.74) is 4.20. The fraction of sp³-hybridized carbons (Fsp3) is 0.0741. The molecule has 5 aromatic rings. The third kappa shape index (κ3) is 3.76. The number of nitrogens with zero attached hydrogens (tertiary/aromatic N) is 3. The molecule has 0 bridgehead atoms. The predicted octanol–water partition coefficient (Wildman–Crippen LogP) is 5.25. The molecule has 2 aromatic heterocycles. The van der Waals surface area contributed by atoms with E-state index in [-0.39, 0.29) is 11.9 Å². The first-order chi connectivity index (χ1) is 15.7. The maximum absolute atomic E-state index is 13.3. The summed E-state index contributed by atoms with van der Waals surface area (Å²) in [6.45, 7) is 1.89. The van der Waals surface area contributed by atoms with Crippen LogP contribution in [0.4, 0.5) is 0 Å². The number of benzene rings is 3. The molecule has 1 amide bonds. The van der Waals surface area contributed by atoms with Crippen LogP contribution < -0.4 is 5.32 Å². The molecular weight excluding hydrogens is 396 g/mol. The summed E-state index contributed by atoms with van der Waals surface area (Å²) in [5.74, 6) is 0.509. The number of hydrogen-bond acceptors (Lipinski definition) is 3. The van der Waals surface area contributed by atoms with Crippen LogP contribution in [0.25, 0.3) is 16.7 Å². The first kappa shape index (κ1) is 19.7. The molecule has 0 fully saturated rings. The molecule has 156 valence electrons. The van der Waals surface area contributed by atoms with Crippen molar-refractivity contribution < 1.29 is 4.79 Å². The van der Waals surface area contributed by atoms with Crippen molar-refractivity contribution in [1.29, 1.82) is 0 Å². The van der Waals surface area contributed by atoms with E-state index in [1.165, 1.54) is 0 Å². The Labute approximate surface area is 186 Å². The lowest BCUT2D eigenvalue weighted by atomic mass is 9.98. The lowest BCUT2D eigenvalue weighted by Crippen LogP contribution is -2.29. The van der Waals surface area contributed by atoms with Crippen molar-refractivity contribution in [3.63, 3.8) is 0 Å². The molecule has 5 rings (SSSR count). The minimum absolute atomic E-state index is 0.174. The van der Waals surface area contributed by atoms with Crippen molar-refractivity contribution in [2.45, 2.75) is 13.0 Å². The van der Waals surface area contributed by atoms with Crippen molar-refractivity contribution in [2.24, 2.45) is 0 Å². The predicted molar refractivity (Wildman–Crippen MR) is 126 cm³/mol. The van der Waals surface area contributed by atoms with E-state index < -0.39 is 0 Å². The molecule has 0 spiro atoms. The molecule has 1 N–H and O–H groups in total. The smallest absolute Gasteiger partial charge is 0.255 e. The SMILES string of the molecule is Cc1c(C(=O)NC(c2ccccc2)c2ccccc2)cnn1-c1ccc2ccccc2n1. The van der Waals surface area contributed by atoms with Crippen molar-refractivity contribution in [3.8, 4) is 5.82 Å².